The van der Waals surface area contributed by atoms with Gasteiger partial charge in [0.2, 0.25) is 5.91 Å². The van der Waals surface area contributed by atoms with Crippen molar-refractivity contribution in [1.29, 1.82) is 0 Å². The molecular formula is C21H22N4O2. The van der Waals surface area contributed by atoms with E-state index in [0.29, 0.717) is 18.5 Å². The molecule has 27 heavy (non-hydrogen) atoms. The van der Waals surface area contributed by atoms with Crippen LogP contribution in [0.5, 0.6) is 0 Å². The van der Waals surface area contributed by atoms with Gasteiger partial charge >= 0.3 is 0 Å². The molecule has 2 heterocycles. The molecule has 0 atom stereocenters. The van der Waals surface area contributed by atoms with Crippen molar-refractivity contribution in [3.05, 3.63) is 59.9 Å². The summed E-state index contributed by atoms with van der Waals surface area (Å²) in [4.78, 5) is 30.7. The van der Waals surface area contributed by atoms with E-state index in [2.05, 4.69) is 9.88 Å². The van der Waals surface area contributed by atoms with Gasteiger partial charge in [0.05, 0.1) is 11.0 Å². The van der Waals surface area contributed by atoms with Crippen LogP contribution < -0.4 is 5.32 Å². The van der Waals surface area contributed by atoms with Gasteiger partial charge in [-0.25, -0.2) is 4.98 Å². The third-order valence-corrected chi connectivity index (χ3v) is 5.04. The molecule has 6 heteroatoms. The summed E-state index contributed by atoms with van der Waals surface area (Å²) in [7, 11) is 1.98. The van der Waals surface area contributed by atoms with Crippen molar-refractivity contribution in [3.8, 4) is 0 Å². The highest BCUT2D eigenvalue weighted by Crippen LogP contribution is 2.21. The molecule has 1 fully saturated rings. The molecule has 0 spiro atoms. The molecule has 1 aromatic heterocycles. The minimum Gasteiger partial charge on any atom is -0.342 e. The Hall–Kier alpha value is -3.15. The predicted molar refractivity (Wildman–Crippen MR) is 105 cm³/mol. The van der Waals surface area contributed by atoms with Crippen LogP contribution in [0.1, 0.15) is 29.0 Å². The first-order valence-electron chi connectivity index (χ1n) is 9.21. The molecule has 0 bridgehead atoms. The summed E-state index contributed by atoms with van der Waals surface area (Å²) in [6.07, 6.45) is 2.33. The zero-order chi connectivity index (χ0) is 18.8. The largest absolute Gasteiger partial charge is 0.342 e. The van der Waals surface area contributed by atoms with Crippen LogP contribution in [0.25, 0.3) is 11.0 Å². The first-order chi connectivity index (χ1) is 13.1. The summed E-state index contributed by atoms with van der Waals surface area (Å²) in [5.74, 6) is 1.04. The second-order valence-electron chi connectivity index (χ2n) is 6.85. The van der Waals surface area contributed by atoms with Crippen LogP contribution in [0.15, 0.2) is 48.5 Å². The summed E-state index contributed by atoms with van der Waals surface area (Å²) >= 11 is 0. The maximum atomic E-state index is 12.3. The number of hydrogen-bond donors (Lipinski definition) is 1. The number of aryl methyl sites for hydroxylation is 1. The Morgan fingerprint density at radius 3 is 2.74 bits per heavy atom. The first kappa shape index (κ1) is 17.3. The number of carbonyl (C=O) groups is 2. The number of carbonyl (C=O) groups excluding carboxylic acids is 2. The second kappa shape index (κ2) is 7.23. The Balaban J connectivity index is 1.50. The van der Waals surface area contributed by atoms with E-state index < -0.39 is 0 Å². The lowest BCUT2D eigenvalue weighted by Gasteiger charge is -2.14. The number of likely N-dealkylation sites (tertiary alicyclic amines) is 1. The van der Waals surface area contributed by atoms with Crippen molar-refractivity contribution >= 4 is 28.5 Å². The number of rotatable bonds is 5. The zero-order valence-corrected chi connectivity index (χ0v) is 15.3. The third kappa shape index (κ3) is 3.56. The summed E-state index contributed by atoms with van der Waals surface area (Å²) in [5.41, 5.74) is 3.19. The molecule has 3 aromatic rings. The Morgan fingerprint density at radius 2 is 2.00 bits per heavy atom. The highest BCUT2D eigenvalue weighted by atomic mass is 16.2. The van der Waals surface area contributed by atoms with Crippen LogP contribution in [0.2, 0.25) is 0 Å². The van der Waals surface area contributed by atoms with Crippen molar-refractivity contribution in [2.75, 3.05) is 18.4 Å². The fraction of sp³-hybridized carbons (Fsp3) is 0.286. The zero-order valence-electron chi connectivity index (χ0n) is 15.3. The number of aromatic nitrogens is 2. The lowest BCUT2D eigenvalue weighted by molar-refractivity contribution is -0.127. The number of imidazole rings is 1. The van der Waals surface area contributed by atoms with E-state index in [-0.39, 0.29) is 11.8 Å². The van der Waals surface area contributed by atoms with Gasteiger partial charge in [-0.2, -0.15) is 0 Å². The third-order valence-electron chi connectivity index (χ3n) is 5.04. The average molecular weight is 362 g/mol. The number of fused-ring (bicyclic) bond motifs is 1. The van der Waals surface area contributed by atoms with E-state index in [9.17, 15) is 9.59 Å². The Morgan fingerprint density at radius 1 is 1.19 bits per heavy atom. The van der Waals surface area contributed by atoms with Crippen LogP contribution in [-0.4, -0.2) is 39.4 Å². The number of nitrogens with zero attached hydrogens (tertiary/aromatic N) is 3. The molecule has 0 radical (unpaired) electrons. The van der Waals surface area contributed by atoms with Gasteiger partial charge in [-0.05, 0) is 36.8 Å². The van der Waals surface area contributed by atoms with Gasteiger partial charge in [-0.3, -0.25) is 9.59 Å². The molecule has 4 rings (SSSR count). The van der Waals surface area contributed by atoms with Gasteiger partial charge in [-0.15, -0.1) is 0 Å². The van der Waals surface area contributed by atoms with E-state index in [4.69, 9.17) is 4.98 Å². The molecule has 0 unspecified atom stereocenters. The van der Waals surface area contributed by atoms with Crippen molar-refractivity contribution in [3.63, 3.8) is 0 Å². The summed E-state index contributed by atoms with van der Waals surface area (Å²) < 4.78 is 2.05. The van der Waals surface area contributed by atoms with Crippen LogP contribution >= 0.6 is 0 Å². The summed E-state index contributed by atoms with van der Waals surface area (Å²) in [6, 6.07) is 14.9. The molecule has 1 N–H and O–H groups in total. The van der Waals surface area contributed by atoms with Crippen molar-refractivity contribution in [2.45, 2.75) is 19.3 Å². The molecule has 2 amide bonds. The van der Waals surface area contributed by atoms with Crippen molar-refractivity contribution < 1.29 is 9.59 Å². The molecule has 0 aliphatic carbocycles. The summed E-state index contributed by atoms with van der Waals surface area (Å²) in [5, 5.41) is 2.92. The average Bonchev–Trinajstić information content (AvgIpc) is 3.23. The molecule has 1 aliphatic rings. The van der Waals surface area contributed by atoms with E-state index in [0.717, 1.165) is 41.9 Å². The molecule has 0 saturated carbocycles. The molecule has 1 aliphatic heterocycles. The van der Waals surface area contributed by atoms with Crippen LogP contribution in [-0.2, 0) is 18.3 Å². The maximum Gasteiger partial charge on any atom is 0.255 e. The van der Waals surface area contributed by atoms with Gasteiger partial charge in [0.25, 0.3) is 5.91 Å². The number of benzene rings is 2. The van der Waals surface area contributed by atoms with Crippen LogP contribution in [0, 0.1) is 0 Å². The fourth-order valence-corrected chi connectivity index (χ4v) is 3.52. The molecule has 2 aromatic carbocycles. The van der Waals surface area contributed by atoms with Crippen LogP contribution in [0.3, 0.4) is 0 Å². The lowest BCUT2D eigenvalue weighted by atomic mass is 10.2. The molecule has 6 nitrogen and oxygen atoms in total. The second-order valence-corrected chi connectivity index (χ2v) is 6.85. The highest BCUT2D eigenvalue weighted by Gasteiger charge is 2.20. The SMILES string of the molecule is Cn1c(CCN2CCCC2=O)nc2cc(NC(=O)c3ccccc3)ccc21. The van der Waals surface area contributed by atoms with Crippen molar-refractivity contribution in [1.82, 2.24) is 14.5 Å². The number of amides is 2. The monoisotopic (exact) mass is 362 g/mol. The number of anilines is 1. The predicted octanol–water partition coefficient (Wildman–Crippen LogP) is 2.99. The number of nitrogens with one attached hydrogen (secondary N) is 1. The minimum absolute atomic E-state index is 0.140. The molecule has 138 valence electrons. The van der Waals surface area contributed by atoms with Crippen LogP contribution in [0.4, 0.5) is 5.69 Å². The first-order valence-corrected chi connectivity index (χ1v) is 9.21. The maximum absolute atomic E-state index is 12.3. The Labute approximate surface area is 157 Å². The minimum atomic E-state index is -0.140. The smallest absolute Gasteiger partial charge is 0.255 e. The van der Waals surface area contributed by atoms with Crippen molar-refractivity contribution in [2.24, 2.45) is 7.05 Å². The van der Waals surface area contributed by atoms with E-state index in [1.54, 1.807) is 12.1 Å². The Bertz CT molecular complexity index is 994. The highest BCUT2D eigenvalue weighted by molar-refractivity contribution is 6.04. The number of hydrogen-bond acceptors (Lipinski definition) is 3. The van der Waals surface area contributed by atoms with Gasteiger partial charge in [0.15, 0.2) is 0 Å². The van der Waals surface area contributed by atoms with E-state index in [1.165, 1.54) is 0 Å². The lowest BCUT2D eigenvalue weighted by Crippen LogP contribution is -2.27. The fourth-order valence-electron chi connectivity index (χ4n) is 3.52. The molecular weight excluding hydrogens is 340 g/mol. The van der Waals surface area contributed by atoms with E-state index in [1.807, 2.05) is 48.3 Å². The van der Waals surface area contributed by atoms with Gasteiger partial charge in [-0.1, -0.05) is 18.2 Å². The van der Waals surface area contributed by atoms with Gasteiger partial charge < -0.3 is 14.8 Å². The summed E-state index contributed by atoms with van der Waals surface area (Å²) in [6.45, 7) is 1.55. The topological polar surface area (TPSA) is 67.2 Å². The van der Waals surface area contributed by atoms with Gasteiger partial charge in [0, 0.05) is 44.2 Å². The standard InChI is InChI=1S/C21H22N4O2/c1-24-18-10-9-16(22-21(27)15-6-3-2-4-7-15)14-17(18)23-19(24)11-13-25-12-5-8-20(25)26/h2-4,6-7,9-10,14H,5,8,11-13H2,1H3,(H,22,27). The quantitative estimate of drug-likeness (QED) is 0.759. The van der Waals surface area contributed by atoms with Gasteiger partial charge in [0.1, 0.15) is 5.82 Å². The normalized spacial score (nSPS) is 14.1. The van der Waals surface area contributed by atoms with E-state index >= 15 is 0 Å². The molecule has 1 saturated heterocycles. The Kier molecular flexibility index (Phi) is 4.62.